The highest BCUT2D eigenvalue weighted by molar-refractivity contribution is 6.30. The first-order chi connectivity index (χ1) is 6.65. The molecule has 0 aliphatic carbocycles. The number of carbonyl (C=O) groups is 1. The maximum absolute atomic E-state index is 10.9. The number of ether oxygens (including phenoxy) is 1. The maximum atomic E-state index is 10.9. The van der Waals surface area contributed by atoms with E-state index in [2.05, 4.69) is 4.74 Å². The summed E-state index contributed by atoms with van der Waals surface area (Å²) in [7, 11) is 0.587. The van der Waals surface area contributed by atoms with Crippen LogP contribution in [0.3, 0.4) is 0 Å². The largest absolute Gasteiger partial charge is 0.465 e. The Balaban J connectivity index is 0.000000500. The second kappa shape index (κ2) is 7.38. The van der Waals surface area contributed by atoms with Crippen molar-refractivity contribution in [3.8, 4) is 0 Å². The number of hydrogen-bond donors (Lipinski definition) is 2. The molecule has 0 saturated heterocycles. The van der Waals surface area contributed by atoms with Crippen LogP contribution in [-0.4, -0.2) is 30.8 Å². The molecule has 0 aliphatic heterocycles. The average Bonchev–Trinajstić information content (AvgIpc) is 2.18. The standard InChI is InChI=1S/C8H7ClO2.BH3O2/c1-11-8(10)6-3-2-4-7(9)5-6;2-1-3/h2-5H,1H3;1-3H. The summed E-state index contributed by atoms with van der Waals surface area (Å²) in [6.45, 7) is 0. The summed E-state index contributed by atoms with van der Waals surface area (Å²) in [6.07, 6.45) is 0. The lowest BCUT2D eigenvalue weighted by Gasteiger charge is -1.97. The minimum atomic E-state index is -0.750. The Bertz CT molecular complexity index is 292. The quantitative estimate of drug-likeness (QED) is 0.526. The Labute approximate surface area is 87.4 Å². The van der Waals surface area contributed by atoms with Crippen molar-refractivity contribution in [1.29, 1.82) is 0 Å². The van der Waals surface area contributed by atoms with E-state index in [0.717, 1.165) is 0 Å². The molecule has 0 radical (unpaired) electrons. The molecule has 14 heavy (non-hydrogen) atoms. The summed E-state index contributed by atoms with van der Waals surface area (Å²) < 4.78 is 4.49. The lowest BCUT2D eigenvalue weighted by molar-refractivity contribution is 0.0600. The van der Waals surface area contributed by atoms with Crippen molar-refractivity contribution >= 4 is 25.3 Å². The molecule has 0 amide bonds. The Morgan fingerprint density at radius 2 is 2.07 bits per heavy atom. The smallest absolute Gasteiger partial charge is 0.432 e. The summed E-state index contributed by atoms with van der Waals surface area (Å²) in [6, 6.07) is 6.62. The number of benzene rings is 1. The van der Waals surface area contributed by atoms with Crippen LogP contribution < -0.4 is 0 Å². The van der Waals surface area contributed by atoms with Gasteiger partial charge in [0.05, 0.1) is 12.7 Å². The van der Waals surface area contributed by atoms with Gasteiger partial charge in [-0.3, -0.25) is 0 Å². The van der Waals surface area contributed by atoms with Gasteiger partial charge in [0.15, 0.2) is 0 Å². The number of halogens is 1. The highest BCUT2D eigenvalue weighted by atomic mass is 35.5. The predicted octanol–water partition coefficient (Wildman–Crippen LogP) is 0.364. The molecule has 0 bridgehead atoms. The molecule has 1 aromatic rings. The molecule has 0 aromatic heterocycles. The summed E-state index contributed by atoms with van der Waals surface area (Å²) in [5.41, 5.74) is 0.472. The second-order valence-corrected chi connectivity index (χ2v) is 2.58. The van der Waals surface area contributed by atoms with E-state index in [1.807, 2.05) is 0 Å². The molecule has 0 spiro atoms. The van der Waals surface area contributed by atoms with E-state index >= 15 is 0 Å². The number of hydrogen-bond acceptors (Lipinski definition) is 4. The van der Waals surface area contributed by atoms with E-state index in [1.165, 1.54) is 7.11 Å². The van der Waals surface area contributed by atoms with Crippen molar-refractivity contribution in [2.75, 3.05) is 7.11 Å². The fraction of sp³-hybridized carbons (Fsp3) is 0.125. The Morgan fingerprint density at radius 1 is 1.50 bits per heavy atom. The molecule has 0 saturated carbocycles. The van der Waals surface area contributed by atoms with Gasteiger partial charge >= 0.3 is 13.7 Å². The maximum Gasteiger partial charge on any atom is 0.432 e. The van der Waals surface area contributed by atoms with E-state index in [-0.39, 0.29) is 5.97 Å². The lowest BCUT2D eigenvalue weighted by Crippen LogP contribution is -1.99. The molecule has 0 unspecified atom stereocenters. The Morgan fingerprint density at radius 3 is 2.50 bits per heavy atom. The third-order valence-corrected chi connectivity index (χ3v) is 1.48. The number of esters is 1. The third kappa shape index (κ3) is 4.86. The summed E-state index contributed by atoms with van der Waals surface area (Å²) in [5, 5.41) is 14.8. The van der Waals surface area contributed by atoms with E-state index in [0.29, 0.717) is 10.6 Å². The van der Waals surface area contributed by atoms with Gasteiger partial charge in [0.25, 0.3) is 0 Å². The molecule has 4 nitrogen and oxygen atoms in total. The first-order valence-electron chi connectivity index (χ1n) is 3.71. The van der Waals surface area contributed by atoms with Gasteiger partial charge in [-0.25, -0.2) is 4.79 Å². The van der Waals surface area contributed by atoms with Crippen LogP contribution in [0.15, 0.2) is 24.3 Å². The van der Waals surface area contributed by atoms with Crippen molar-refractivity contribution in [3.05, 3.63) is 34.9 Å². The number of methoxy groups -OCH3 is 1. The van der Waals surface area contributed by atoms with Crippen molar-refractivity contribution in [3.63, 3.8) is 0 Å². The van der Waals surface area contributed by atoms with Gasteiger partial charge in [-0.05, 0) is 18.2 Å². The van der Waals surface area contributed by atoms with Gasteiger partial charge in [-0.2, -0.15) is 0 Å². The SMILES string of the molecule is COC(=O)c1cccc(Cl)c1.OBO. The fourth-order valence-electron chi connectivity index (χ4n) is 0.733. The van der Waals surface area contributed by atoms with Crippen LogP contribution in [0.25, 0.3) is 0 Å². The van der Waals surface area contributed by atoms with E-state index in [1.54, 1.807) is 24.3 Å². The van der Waals surface area contributed by atoms with Gasteiger partial charge < -0.3 is 14.8 Å². The zero-order valence-electron chi connectivity index (χ0n) is 7.61. The molecule has 1 rings (SSSR count). The molecule has 76 valence electrons. The van der Waals surface area contributed by atoms with Gasteiger partial charge in [0, 0.05) is 5.02 Å². The molecule has 6 heteroatoms. The van der Waals surface area contributed by atoms with E-state index < -0.39 is 7.69 Å². The first kappa shape index (κ1) is 13.0. The van der Waals surface area contributed by atoms with Gasteiger partial charge in [-0.15, -0.1) is 0 Å². The molecule has 0 atom stereocenters. The highest BCUT2D eigenvalue weighted by Crippen LogP contribution is 2.10. The molecule has 0 aliphatic rings. The summed E-state index contributed by atoms with van der Waals surface area (Å²) in [4.78, 5) is 10.9. The molecular formula is C8H10BClO4. The van der Waals surface area contributed by atoms with Crippen molar-refractivity contribution in [1.82, 2.24) is 0 Å². The third-order valence-electron chi connectivity index (χ3n) is 1.25. The zero-order valence-corrected chi connectivity index (χ0v) is 8.36. The molecule has 2 N–H and O–H groups in total. The van der Waals surface area contributed by atoms with Gasteiger partial charge in [-0.1, -0.05) is 17.7 Å². The molecule has 0 heterocycles. The van der Waals surface area contributed by atoms with Crippen LogP contribution in [0.4, 0.5) is 0 Å². The molecule has 0 fully saturated rings. The van der Waals surface area contributed by atoms with E-state index in [4.69, 9.17) is 21.6 Å². The molecular weight excluding hydrogens is 206 g/mol. The first-order valence-corrected chi connectivity index (χ1v) is 4.09. The fourth-order valence-corrected chi connectivity index (χ4v) is 0.924. The summed E-state index contributed by atoms with van der Waals surface area (Å²) in [5.74, 6) is -0.368. The van der Waals surface area contributed by atoms with Crippen molar-refractivity contribution < 1.29 is 19.6 Å². The zero-order chi connectivity index (χ0) is 11.0. The van der Waals surface area contributed by atoms with Gasteiger partial charge in [0.2, 0.25) is 0 Å². The minimum Gasteiger partial charge on any atom is -0.465 e. The number of carbonyl (C=O) groups excluding carboxylic acids is 1. The minimum absolute atomic E-state index is 0.368. The second-order valence-electron chi connectivity index (χ2n) is 2.14. The van der Waals surface area contributed by atoms with E-state index in [9.17, 15) is 4.79 Å². The predicted molar refractivity (Wildman–Crippen MR) is 54.4 cm³/mol. The monoisotopic (exact) mass is 216 g/mol. The average molecular weight is 216 g/mol. The van der Waals surface area contributed by atoms with Crippen LogP contribution in [-0.2, 0) is 4.74 Å². The van der Waals surface area contributed by atoms with Gasteiger partial charge in [0.1, 0.15) is 0 Å². The normalized spacial score (nSPS) is 8.29. The van der Waals surface area contributed by atoms with Crippen LogP contribution in [0.5, 0.6) is 0 Å². The molecule has 1 aromatic carbocycles. The van der Waals surface area contributed by atoms with Crippen LogP contribution in [0.1, 0.15) is 10.4 Å². The lowest BCUT2D eigenvalue weighted by atomic mass is 10.2. The van der Waals surface area contributed by atoms with Crippen LogP contribution in [0, 0.1) is 0 Å². The topological polar surface area (TPSA) is 66.8 Å². The number of rotatable bonds is 1. The Hall–Kier alpha value is -1.04. The van der Waals surface area contributed by atoms with Crippen molar-refractivity contribution in [2.45, 2.75) is 0 Å². The van der Waals surface area contributed by atoms with Crippen LogP contribution in [0.2, 0.25) is 5.02 Å². The van der Waals surface area contributed by atoms with Crippen molar-refractivity contribution in [2.24, 2.45) is 0 Å². The van der Waals surface area contributed by atoms with Crippen LogP contribution >= 0.6 is 11.6 Å². The highest BCUT2D eigenvalue weighted by Gasteiger charge is 2.03. The Kier molecular flexibility index (Phi) is 6.83. The summed E-state index contributed by atoms with van der Waals surface area (Å²) >= 11 is 5.64.